The molecule has 68 valence electrons. The fourth-order valence-corrected chi connectivity index (χ4v) is 0.418. The van der Waals surface area contributed by atoms with Crippen molar-refractivity contribution in [3.63, 3.8) is 0 Å². The van der Waals surface area contributed by atoms with Crippen LogP contribution in [0.3, 0.4) is 0 Å². The molecule has 0 aliphatic rings. The first-order valence-corrected chi connectivity index (χ1v) is 3.88. The molecule has 0 amide bonds. The normalized spacial score (nSPS) is 18.0. The maximum atomic E-state index is 11.1. The molecule has 11 heavy (non-hydrogen) atoms. The number of quaternary nitrogens is 1. The van der Waals surface area contributed by atoms with Crippen molar-refractivity contribution < 1.29 is 10.1 Å². The lowest BCUT2D eigenvalue weighted by atomic mass is 10.3. The zero-order valence-corrected chi connectivity index (χ0v) is 7.68. The molecule has 2 atom stereocenters. The van der Waals surface area contributed by atoms with E-state index in [1.807, 2.05) is 13.8 Å². The lowest BCUT2D eigenvalue weighted by Gasteiger charge is -2.33. The van der Waals surface area contributed by atoms with E-state index in [1.165, 1.54) is 0 Å². The van der Waals surface area contributed by atoms with Gasteiger partial charge in [-0.1, -0.05) is 6.92 Å². The van der Waals surface area contributed by atoms with E-state index in [2.05, 4.69) is 0 Å². The molecule has 0 saturated carbocycles. The van der Waals surface area contributed by atoms with Gasteiger partial charge in [0.05, 0.1) is 0 Å². The highest BCUT2D eigenvalue weighted by molar-refractivity contribution is 4.51. The van der Waals surface area contributed by atoms with Crippen molar-refractivity contribution in [2.45, 2.75) is 45.9 Å². The van der Waals surface area contributed by atoms with E-state index < -0.39 is 5.66 Å². The smallest absolute Gasteiger partial charge is 0.172 e. The second-order valence-electron chi connectivity index (χ2n) is 3.35. The van der Waals surface area contributed by atoms with E-state index in [4.69, 9.17) is 10.6 Å². The van der Waals surface area contributed by atoms with Gasteiger partial charge in [0.25, 0.3) is 0 Å². The minimum atomic E-state index is -0.872. The zero-order chi connectivity index (χ0) is 9.07. The molecule has 0 saturated heterocycles. The Kier molecular flexibility index (Phi) is 3.96. The Balaban J connectivity index is 3.77. The molecule has 0 rings (SSSR count). The van der Waals surface area contributed by atoms with Crippen molar-refractivity contribution >= 4 is 0 Å². The van der Waals surface area contributed by atoms with Crippen LogP contribution in [0.1, 0.15) is 34.1 Å². The van der Waals surface area contributed by atoms with Crippen LogP contribution in [0.4, 0.5) is 0 Å². The first-order chi connectivity index (χ1) is 4.88. The summed E-state index contributed by atoms with van der Waals surface area (Å²) < 4.78 is 0. The third kappa shape index (κ3) is 4.31. The monoisotopic (exact) mass is 162 g/mol. The van der Waals surface area contributed by atoms with E-state index in [9.17, 15) is 5.21 Å². The molecule has 4 nitrogen and oxygen atoms in total. The van der Waals surface area contributed by atoms with Gasteiger partial charge in [-0.15, -0.1) is 0 Å². The van der Waals surface area contributed by atoms with Gasteiger partial charge < -0.3 is 5.21 Å². The van der Waals surface area contributed by atoms with Crippen molar-refractivity contribution in [3.05, 3.63) is 5.21 Å². The quantitative estimate of drug-likeness (QED) is 0.444. The standard InChI is InChI=1S/C7H18N2O2/c1-5-6(2)11-9(10)7(3,4)8/h6,9H,5,8H2,1-4H3. The molecule has 3 N–H and O–H groups in total. The van der Waals surface area contributed by atoms with E-state index >= 15 is 0 Å². The summed E-state index contributed by atoms with van der Waals surface area (Å²) in [7, 11) is 0. The summed E-state index contributed by atoms with van der Waals surface area (Å²) in [6, 6.07) is 0. The Morgan fingerprint density at radius 1 is 1.64 bits per heavy atom. The van der Waals surface area contributed by atoms with Crippen LogP contribution in [0, 0.1) is 5.21 Å². The van der Waals surface area contributed by atoms with Gasteiger partial charge in [0.1, 0.15) is 6.10 Å². The van der Waals surface area contributed by atoms with Gasteiger partial charge in [-0.2, -0.15) is 4.84 Å². The van der Waals surface area contributed by atoms with Gasteiger partial charge in [-0.3, -0.25) is 5.73 Å². The van der Waals surface area contributed by atoms with Gasteiger partial charge in [0.2, 0.25) is 0 Å². The number of nitrogens with one attached hydrogen (secondary N) is 1. The second kappa shape index (κ2) is 4.01. The molecule has 0 aliphatic carbocycles. The molecular weight excluding hydrogens is 144 g/mol. The van der Waals surface area contributed by atoms with Crippen molar-refractivity contribution in [1.29, 1.82) is 0 Å². The minimum Gasteiger partial charge on any atom is -0.598 e. The molecule has 0 aliphatic heterocycles. The summed E-state index contributed by atoms with van der Waals surface area (Å²) in [5, 5.41) is 10.7. The van der Waals surface area contributed by atoms with Crippen LogP contribution in [-0.2, 0) is 4.84 Å². The summed E-state index contributed by atoms with van der Waals surface area (Å²) >= 11 is 0. The van der Waals surface area contributed by atoms with Crippen molar-refractivity contribution in [1.82, 2.24) is 0 Å². The number of nitrogens with two attached hydrogens (primary N) is 1. The van der Waals surface area contributed by atoms with Gasteiger partial charge >= 0.3 is 0 Å². The van der Waals surface area contributed by atoms with Crippen LogP contribution >= 0.6 is 0 Å². The fourth-order valence-electron chi connectivity index (χ4n) is 0.418. The van der Waals surface area contributed by atoms with Crippen molar-refractivity contribution in [3.8, 4) is 0 Å². The summed E-state index contributed by atoms with van der Waals surface area (Å²) in [5.74, 6) is 0. The van der Waals surface area contributed by atoms with Crippen LogP contribution in [0.25, 0.3) is 0 Å². The molecular formula is C7H18N2O2. The molecule has 0 bridgehead atoms. The van der Waals surface area contributed by atoms with Crippen molar-refractivity contribution in [2.75, 3.05) is 0 Å². The lowest BCUT2D eigenvalue weighted by Crippen LogP contribution is -3.17. The molecule has 0 heterocycles. The van der Waals surface area contributed by atoms with Crippen molar-refractivity contribution in [2.24, 2.45) is 5.73 Å². The molecule has 0 aromatic rings. The first-order valence-electron chi connectivity index (χ1n) is 3.88. The van der Waals surface area contributed by atoms with Crippen LogP contribution in [0.5, 0.6) is 0 Å². The predicted molar refractivity (Wildman–Crippen MR) is 43.4 cm³/mol. The summed E-state index contributed by atoms with van der Waals surface area (Å²) in [6.45, 7) is 7.08. The van der Waals surface area contributed by atoms with E-state index in [-0.39, 0.29) is 11.3 Å². The van der Waals surface area contributed by atoms with Gasteiger partial charge in [-0.05, 0) is 13.3 Å². The molecule has 4 heteroatoms. The zero-order valence-electron chi connectivity index (χ0n) is 7.68. The Bertz CT molecular complexity index is 111. The van der Waals surface area contributed by atoms with Gasteiger partial charge in [0, 0.05) is 13.8 Å². The maximum Gasteiger partial charge on any atom is 0.172 e. The third-order valence-electron chi connectivity index (χ3n) is 1.41. The molecule has 0 radical (unpaired) electrons. The molecule has 0 aromatic heterocycles. The molecule has 2 unspecified atom stereocenters. The lowest BCUT2D eigenvalue weighted by molar-refractivity contribution is -1.09. The highest BCUT2D eigenvalue weighted by atomic mass is 16.9. The number of rotatable bonds is 4. The van der Waals surface area contributed by atoms with Crippen LogP contribution in [0.2, 0.25) is 0 Å². The number of hydrogen-bond donors (Lipinski definition) is 2. The summed E-state index contributed by atoms with van der Waals surface area (Å²) in [6.07, 6.45) is 0.785. The van der Waals surface area contributed by atoms with Gasteiger partial charge in [0.15, 0.2) is 5.66 Å². The molecule has 0 fully saturated rings. The highest BCUT2D eigenvalue weighted by Gasteiger charge is 2.21. The Labute approximate surface area is 67.8 Å². The first kappa shape index (κ1) is 10.8. The van der Waals surface area contributed by atoms with Crippen LogP contribution in [0.15, 0.2) is 0 Å². The number of hydroxylamine groups is 2. The number of hydrogen-bond acceptors (Lipinski definition) is 3. The minimum absolute atomic E-state index is 0.0367. The Morgan fingerprint density at radius 3 is 2.36 bits per heavy atom. The molecule has 0 spiro atoms. The highest BCUT2D eigenvalue weighted by Crippen LogP contribution is 1.91. The van der Waals surface area contributed by atoms with E-state index in [0.717, 1.165) is 6.42 Å². The average molecular weight is 162 g/mol. The summed E-state index contributed by atoms with van der Waals surface area (Å²) in [4.78, 5) is 5.00. The predicted octanol–water partition coefficient (Wildman–Crippen LogP) is -0.206. The Morgan fingerprint density at radius 2 is 2.09 bits per heavy atom. The molecule has 0 aromatic carbocycles. The van der Waals surface area contributed by atoms with Gasteiger partial charge in [-0.25, -0.2) is 5.23 Å². The van der Waals surface area contributed by atoms with E-state index in [0.29, 0.717) is 0 Å². The SMILES string of the molecule is CCC(C)O[NH+]([O-])C(C)(C)N. The fraction of sp³-hybridized carbons (Fsp3) is 1.00. The largest absolute Gasteiger partial charge is 0.598 e. The topological polar surface area (TPSA) is 62.8 Å². The van der Waals surface area contributed by atoms with Crippen LogP contribution in [-0.4, -0.2) is 11.8 Å². The van der Waals surface area contributed by atoms with Crippen LogP contribution < -0.4 is 11.0 Å². The third-order valence-corrected chi connectivity index (χ3v) is 1.41. The summed E-state index contributed by atoms with van der Waals surface area (Å²) in [5.41, 5.74) is 4.64. The second-order valence-corrected chi connectivity index (χ2v) is 3.35. The maximum absolute atomic E-state index is 11.1. The average Bonchev–Trinajstić information content (AvgIpc) is 1.85. The van der Waals surface area contributed by atoms with E-state index in [1.54, 1.807) is 13.8 Å². The Hall–Kier alpha value is -0.160.